The minimum absolute atomic E-state index is 0.0627. The number of nitrogens with one attached hydrogen (secondary N) is 1. The van der Waals surface area contributed by atoms with Crippen LogP contribution >= 0.6 is 11.8 Å². The molecule has 6 rings (SSSR count). The molecule has 36 heavy (non-hydrogen) atoms. The highest BCUT2D eigenvalue weighted by Gasteiger charge is 2.34. The maximum absolute atomic E-state index is 12.8. The van der Waals surface area contributed by atoms with Crippen LogP contribution in [-0.2, 0) is 17.6 Å². The number of anilines is 2. The van der Waals surface area contributed by atoms with Gasteiger partial charge >= 0.3 is 0 Å². The Morgan fingerprint density at radius 2 is 1.53 bits per heavy atom. The van der Waals surface area contributed by atoms with Crippen LogP contribution in [0.15, 0.2) is 97.1 Å². The van der Waals surface area contributed by atoms with Crippen molar-refractivity contribution >= 4 is 35.0 Å². The molecule has 1 fully saturated rings. The second-order valence-corrected chi connectivity index (χ2v) is 10.3. The third-order valence-electron chi connectivity index (χ3n) is 6.94. The number of thioether (sulfide) groups is 1. The van der Waals surface area contributed by atoms with E-state index >= 15 is 0 Å². The predicted octanol–water partition coefficient (Wildman–Crippen LogP) is 6.87. The lowest BCUT2D eigenvalue weighted by Gasteiger charge is -2.25. The smallest absolute Gasteiger partial charge is 0.255 e. The van der Waals surface area contributed by atoms with Gasteiger partial charge in [0, 0.05) is 16.9 Å². The van der Waals surface area contributed by atoms with E-state index < -0.39 is 0 Å². The van der Waals surface area contributed by atoms with Crippen molar-refractivity contribution in [3.05, 3.63) is 119 Å². The first-order valence-electron chi connectivity index (χ1n) is 12.3. The standard InChI is InChI=1S/C31H26N2O2S/c34-29-20-36-31(33(29)28-18-15-22-7-4-8-26(22)19-28)25-13-16-27(17-14-25)32-30(35)24-11-9-23(10-12-24)21-5-2-1-3-6-21/h1-3,5-6,9-19,31H,4,7-8,20H2,(H,32,35)/t31-/m0/s1. The molecular formula is C31H26N2O2S. The Morgan fingerprint density at radius 3 is 2.31 bits per heavy atom. The first kappa shape index (κ1) is 22.6. The van der Waals surface area contributed by atoms with Gasteiger partial charge in [-0.1, -0.05) is 60.7 Å². The summed E-state index contributed by atoms with van der Waals surface area (Å²) in [5.41, 5.74) is 8.34. The van der Waals surface area contributed by atoms with Crippen molar-refractivity contribution in [1.82, 2.24) is 0 Å². The second kappa shape index (κ2) is 9.67. The van der Waals surface area contributed by atoms with Gasteiger partial charge < -0.3 is 5.32 Å². The molecule has 0 bridgehead atoms. The maximum atomic E-state index is 12.8. The van der Waals surface area contributed by atoms with Crippen LogP contribution in [0.3, 0.4) is 0 Å². The third kappa shape index (κ3) is 4.42. The van der Waals surface area contributed by atoms with Gasteiger partial charge in [0.2, 0.25) is 5.91 Å². The molecule has 1 N–H and O–H groups in total. The summed E-state index contributed by atoms with van der Waals surface area (Å²) in [5.74, 6) is 0.464. The fourth-order valence-corrected chi connectivity index (χ4v) is 6.21. The molecule has 0 radical (unpaired) electrons. The van der Waals surface area contributed by atoms with Crippen molar-refractivity contribution < 1.29 is 9.59 Å². The van der Waals surface area contributed by atoms with Crippen LogP contribution in [-0.4, -0.2) is 17.6 Å². The molecule has 1 aliphatic carbocycles. The number of fused-ring (bicyclic) bond motifs is 1. The van der Waals surface area contributed by atoms with Crippen LogP contribution < -0.4 is 10.2 Å². The van der Waals surface area contributed by atoms with Crippen LogP contribution in [0.2, 0.25) is 0 Å². The zero-order valence-corrected chi connectivity index (χ0v) is 20.6. The largest absolute Gasteiger partial charge is 0.322 e. The van der Waals surface area contributed by atoms with Gasteiger partial charge in [-0.2, -0.15) is 0 Å². The van der Waals surface area contributed by atoms with Gasteiger partial charge in [0.05, 0.1) is 5.75 Å². The molecule has 2 amide bonds. The van der Waals surface area contributed by atoms with Gasteiger partial charge in [-0.3, -0.25) is 14.5 Å². The maximum Gasteiger partial charge on any atom is 0.255 e. The van der Waals surface area contributed by atoms with Crippen LogP contribution in [0.4, 0.5) is 11.4 Å². The summed E-state index contributed by atoms with van der Waals surface area (Å²) in [7, 11) is 0. The number of nitrogens with zero attached hydrogens (tertiary/aromatic N) is 1. The van der Waals surface area contributed by atoms with Crippen molar-refractivity contribution in [2.75, 3.05) is 16.0 Å². The lowest BCUT2D eigenvalue weighted by atomic mass is 10.0. The number of rotatable bonds is 5. The highest BCUT2D eigenvalue weighted by molar-refractivity contribution is 8.00. The molecule has 0 unspecified atom stereocenters. The fraction of sp³-hybridized carbons (Fsp3) is 0.161. The molecule has 4 aromatic carbocycles. The van der Waals surface area contributed by atoms with Crippen molar-refractivity contribution in [3.8, 4) is 11.1 Å². The Balaban J connectivity index is 1.16. The lowest BCUT2D eigenvalue weighted by molar-refractivity contribution is -0.115. The normalized spacial score (nSPS) is 16.7. The molecule has 0 saturated carbocycles. The van der Waals surface area contributed by atoms with E-state index in [1.165, 1.54) is 17.5 Å². The summed E-state index contributed by atoms with van der Waals surface area (Å²) in [4.78, 5) is 27.5. The molecule has 5 heteroatoms. The molecule has 0 spiro atoms. The number of aryl methyl sites for hydroxylation is 2. The van der Waals surface area contributed by atoms with Gasteiger partial charge in [0.1, 0.15) is 5.37 Å². The summed E-state index contributed by atoms with van der Waals surface area (Å²) >= 11 is 1.64. The Kier molecular flexibility index (Phi) is 6.08. The van der Waals surface area contributed by atoms with E-state index in [0.717, 1.165) is 40.9 Å². The van der Waals surface area contributed by atoms with E-state index in [1.807, 2.05) is 71.6 Å². The van der Waals surface area contributed by atoms with Gasteiger partial charge in [0.15, 0.2) is 0 Å². The van der Waals surface area contributed by atoms with Gasteiger partial charge in [0.25, 0.3) is 5.91 Å². The second-order valence-electron chi connectivity index (χ2n) is 9.25. The third-order valence-corrected chi connectivity index (χ3v) is 8.15. The van der Waals surface area contributed by atoms with Crippen molar-refractivity contribution in [2.24, 2.45) is 0 Å². The van der Waals surface area contributed by atoms with E-state index in [1.54, 1.807) is 11.8 Å². The summed E-state index contributed by atoms with van der Waals surface area (Å²) < 4.78 is 0. The molecule has 1 atom stereocenters. The first-order valence-corrected chi connectivity index (χ1v) is 13.3. The lowest BCUT2D eigenvalue weighted by Crippen LogP contribution is -2.27. The van der Waals surface area contributed by atoms with E-state index in [-0.39, 0.29) is 17.2 Å². The molecule has 4 nitrogen and oxygen atoms in total. The van der Waals surface area contributed by atoms with Crippen LogP contribution in [0.5, 0.6) is 0 Å². The zero-order valence-electron chi connectivity index (χ0n) is 19.8. The SMILES string of the molecule is O=C(Nc1ccc([C@@H]2SCC(=O)N2c2ccc3c(c2)CCC3)cc1)c1ccc(-c2ccccc2)cc1. The number of carbonyl (C=O) groups is 2. The topological polar surface area (TPSA) is 49.4 Å². The highest BCUT2D eigenvalue weighted by Crippen LogP contribution is 2.43. The minimum atomic E-state index is -0.146. The fourth-order valence-electron chi connectivity index (χ4n) is 5.04. The number of hydrogen-bond acceptors (Lipinski definition) is 3. The number of hydrogen-bond donors (Lipinski definition) is 1. The molecular weight excluding hydrogens is 464 g/mol. The van der Waals surface area contributed by atoms with Crippen molar-refractivity contribution in [1.29, 1.82) is 0 Å². The Bertz CT molecular complexity index is 1420. The average molecular weight is 491 g/mol. The molecule has 4 aromatic rings. The summed E-state index contributed by atoms with van der Waals surface area (Å²) in [6.45, 7) is 0. The van der Waals surface area contributed by atoms with Crippen LogP contribution in [0.25, 0.3) is 11.1 Å². The van der Waals surface area contributed by atoms with Gasteiger partial charge in [-0.05, 0) is 83.5 Å². The minimum Gasteiger partial charge on any atom is -0.322 e. The summed E-state index contributed by atoms with van der Waals surface area (Å²) in [6, 6.07) is 32.0. The number of benzene rings is 4. The van der Waals surface area contributed by atoms with Crippen LogP contribution in [0, 0.1) is 0 Å². The zero-order chi connectivity index (χ0) is 24.5. The summed E-state index contributed by atoms with van der Waals surface area (Å²) in [5, 5.41) is 2.93. The van der Waals surface area contributed by atoms with Gasteiger partial charge in [-0.15, -0.1) is 11.8 Å². The van der Waals surface area contributed by atoms with Crippen molar-refractivity contribution in [3.63, 3.8) is 0 Å². The van der Waals surface area contributed by atoms with E-state index in [0.29, 0.717) is 11.3 Å². The Labute approximate surface area is 215 Å². The average Bonchev–Trinajstić information content (AvgIpc) is 3.55. The summed E-state index contributed by atoms with van der Waals surface area (Å²) in [6.07, 6.45) is 3.41. The number of amides is 2. The highest BCUT2D eigenvalue weighted by atomic mass is 32.2. The van der Waals surface area contributed by atoms with E-state index in [4.69, 9.17) is 0 Å². The molecule has 1 saturated heterocycles. The molecule has 1 heterocycles. The molecule has 178 valence electrons. The Morgan fingerprint density at radius 1 is 0.806 bits per heavy atom. The quantitative estimate of drug-likeness (QED) is 0.332. The molecule has 0 aromatic heterocycles. The van der Waals surface area contributed by atoms with E-state index in [9.17, 15) is 9.59 Å². The Hall–Kier alpha value is -3.83. The van der Waals surface area contributed by atoms with Gasteiger partial charge in [-0.25, -0.2) is 0 Å². The monoisotopic (exact) mass is 490 g/mol. The van der Waals surface area contributed by atoms with Crippen LogP contribution in [0.1, 0.15) is 38.8 Å². The first-order chi connectivity index (χ1) is 17.7. The number of carbonyl (C=O) groups excluding carboxylic acids is 2. The van der Waals surface area contributed by atoms with E-state index in [2.05, 4.69) is 35.6 Å². The van der Waals surface area contributed by atoms with Crippen molar-refractivity contribution in [2.45, 2.75) is 24.6 Å². The molecule has 2 aliphatic rings. The molecule has 1 aliphatic heterocycles. The predicted molar refractivity (Wildman–Crippen MR) is 147 cm³/mol.